The average Bonchev–Trinajstić information content (AvgIpc) is 2.90. The molecule has 114 valence electrons. The summed E-state index contributed by atoms with van der Waals surface area (Å²) in [6.07, 6.45) is 3.74. The maximum Gasteiger partial charge on any atom is 0.131 e. The molecule has 1 aromatic carbocycles. The first-order chi connectivity index (χ1) is 10.5. The van der Waals surface area contributed by atoms with Crippen LogP contribution < -0.4 is 11.1 Å². The summed E-state index contributed by atoms with van der Waals surface area (Å²) in [5, 5.41) is 4.94. The highest BCUT2D eigenvalue weighted by Crippen LogP contribution is 2.28. The van der Waals surface area contributed by atoms with Gasteiger partial charge < -0.3 is 15.6 Å². The highest BCUT2D eigenvalue weighted by molar-refractivity contribution is 6.35. The molecule has 0 amide bonds. The van der Waals surface area contributed by atoms with Gasteiger partial charge in [0, 0.05) is 30.2 Å². The van der Waals surface area contributed by atoms with E-state index in [4.69, 9.17) is 17.3 Å². The maximum absolute atomic E-state index is 6.24. The number of hydrogen-bond acceptors (Lipinski definition) is 4. The van der Waals surface area contributed by atoms with E-state index in [9.17, 15) is 0 Å². The Morgan fingerprint density at radius 3 is 2.91 bits per heavy atom. The van der Waals surface area contributed by atoms with Gasteiger partial charge in [0.25, 0.3) is 0 Å². The van der Waals surface area contributed by atoms with Gasteiger partial charge in [-0.1, -0.05) is 23.7 Å². The van der Waals surface area contributed by atoms with Gasteiger partial charge in [-0.15, -0.1) is 0 Å². The quantitative estimate of drug-likeness (QED) is 0.775. The topological polar surface area (TPSA) is 68.8 Å². The lowest BCUT2D eigenvalue weighted by atomic mass is 10.1. The zero-order chi connectivity index (χ0) is 15.7. The minimum atomic E-state index is -0.123. The van der Waals surface area contributed by atoms with Crippen molar-refractivity contribution in [2.24, 2.45) is 12.8 Å². The molecule has 0 saturated heterocycles. The van der Waals surface area contributed by atoms with E-state index >= 15 is 0 Å². The second-order valence-electron chi connectivity index (χ2n) is 5.41. The molecule has 0 bridgehead atoms. The van der Waals surface area contributed by atoms with Crippen molar-refractivity contribution in [3.05, 3.63) is 53.1 Å². The highest BCUT2D eigenvalue weighted by Gasteiger charge is 2.12. The zero-order valence-corrected chi connectivity index (χ0v) is 13.3. The summed E-state index contributed by atoms with van der Waals surface area (Å²) < 4.78 is 1.91. The van der Waals surface area contributed by atoms with Gasteiger partial charge in [-0.2, -0.15) is 0 Å². The van der Waals surface area contributed by atoms with Gasteiger partial charge in [0.2, 0.25) is 0 Å². The van der Waals surface area contributed by atoms with Crippen molar-refractivity contribution in [1.82, 2.24) is 14.5 Å². The number of pyridine rings is 1. The standard InChI is InChI=1S/C16H18ClN5/c1-10(18)13-6-11-4-3-5-14(17)15(11)21-16(13)19-7-12-8-22(2)9-20-12/h3-6,8-10H,7,18H2,1-2H3,(H,19,21)/t10-/m0/s1. The molecule has 0 saturated carbocycles. The number of anilines is 1. The molecule has 0 aliphatic rings. The minimum absolute atomic E-state index is 0.123. The van der Waals surface area contributed by atoms with Crippen LogP contribution in [0.1, 0.15) is 24.2 Å². The van der Waals surface area contributed by atoms with Crippen molar-refractivity contribution in [2.45, 2.75) is 19.5 Å². The molecule has 0 aliphatic carbocycles. The normalized spacial score (nSPS) is 12.5. The Kier molecular flexibility index (Phi) is 4.00. The monoisotopic (exact) mass is 315 g/mol. The molecule has 2 aromatic heterocycles. The van der Waals surface area contributed by atoms with Crippen molar-refractivity contribution in [2.75, 3.05) is 5.32 Å². The number of benzene rings is 1. The molecule has 3 N–H and O–H groups in total. The molecule has 6 heteroatoms. The van der Waals surface area contributed by atoms with Crippen LogP contribution in [0.5, 0.6) is 0 Å². The lowest BCUT2D eigenvalue weighted by molar-refractivity contribution is 0.813. The van der Waals surface area contributed by atoms with E-state index in [1.807, 2.05) is 49.0 Å². The minimum Gasteiger partial charge on any atom is -0.364 e. The van der Waals surface area contributed by atoms with Gasteiger partial charge in [-0.25, -0.2) is 9.97 Å². The van der Waals surface area contributed by atoms with Gasteiger partial charge in [0.05, 0.1) is 29.1 Å². The van der Waals surface area contributed by atoms with Crippen LogP contribution in [0.4, 0.5) is 5.82 Å². The van der Waals surface area contributed by atoms with Crippen LogP contribution in [0.3, 0.4) is 0 Å². The van der Waals surface area contributed by atoms with Gasteiger partial charge in [-0.3, -0.25) is 0 Å². The molecule has 3 rings (SSSR count). The third-order valence-electron chi connectivity index (χ3n) is 3.51. The van der Waals surface area contributed by atoms with Crippen LogP contribution in [0.15, 0.2) is 36.8 Å². The van der Waals surface area contributed by atoms with Crippen LogP contribution in [0.2, 0.25) is 5.02 Å². The Hall–Kier alpha value is -2.11. The predicted molar refractivity (Wildman–Crippen MR) is 89.9 cm³/mol. The van der Waals surface area contributed by atoms with Crippen LogP contribution >= 0.6 is 11.6 Å². The fourth-order valence-corrected chi connectivity index (χ4v) is 2.62. The number of para-hydroxylation sites is 1. The number of halogens is 1. The van der Waals surface area contributed by atoms with E-state index in [2.05, 4.69) is 15.3 Å². The highest BCUT2D eigenvalue weighted by atomic mass is 35.5. The van der Waals surface area contributed by atoms with Crippen LogP contribution in [0, 0.1) is 0 Å². The Balaban J connectivity index is 1.98. The number of aryl methyl sites for hydroxylation is 1. The molecule has 0 spiro atoms. The van der Waals surface area contributed by atoms with Crippen LogP contribution in [-0.2, 0) is 13.6 Å². The number of rotatable bonds is 4. The summed E-state index contributed by atoms with van der Waals surface area (Å²) in [6.45, 7) is 2.53. The van der Waals surface area contributed by atoms with Gasteiger partial charge in [0.1, 0.15) is 5.82 Å². The van der Waals surface area contributed by atoms with Crippen LogP contribution in [0.25, 0.3) is 10.9 Å². The predicted octanol–water partition coefficient (Wildman–Crippen LogP) is 3.25. The van der Waals surface area contributed by atoms with E-state index in [-0.39, 0.29) is 6.04 Å². The smallest absolute Gasteiger partial charge is 0.131 e. The number of aromatic nitrogens is 3. The molecular weight excluding hydrogens is 298 g/mol. The third-order valence-corrected chi connectivity index (χ3v) is 3.82. The summed E-state index contributed by atoms with van der Waals surface area (Å²) in [7, 11) is 1.94. The lowest BCUT2D eigenvalue weighted by Gasteiger charge is -2.15. The Bertz CT molecular complexity index is 809. The Morgan fingerprint density at radius 1 is 1.41 bits per heavy atom. The fourth-order valence-electron chi connectivity index (χ4n) is 2.40. The van der Waals surface area contributed by atoms with Crippen molar-refractivity contribution in [1.29, 1.82) is 0 Å². The Morgan fingerprint density at radius 2 is 2.23 bits per heavy atom. The molecule has 0 radical (unpaired) electrons. The number of nitrogens with two attached hydrogens (primary N) is 1. The summed E-state index contributed by atoms with van der Waals surface area (Å²) in [6, 6.07) is 7.66. The first kappa shape index (κ1) is 14.8. The molecular formula is C16H18ClN5. The SMILES string of the molecule is C[C@H](N)c1cc2cccc(Cl)c2nc1NCc1cn(C)cn1. The summed E-state index contributed by atoms with van der Waals surface area (Å²) in [5.41, 5.74) is 8.77. The molecule has 5 nitrogen and oxygen atoms in total. The molecule has 2 heterocycles. The number of imidazole rings is 1. The molecule has 0 unspecified atom stereocenters. The average molecular weight is 316 g/mol. The van der Waals surface area contributed by atoms with E-state index in [0.29, 0.717) is 11.6 Å². The molecule has 1 atom stereocenters. The van der Waals surface area contributed by atoms with Crippen molar-refractivity contribution < 1.29 is 0 Å². The zero-order valence-electron chi connectivity index (χ0n) is 12.5. The number of nitrogens with zero attached hydrogens (tertiary/aromatic N) is 3. The molecule has 22 heavy (non-hydrogen) atoms. The summed E-state index contributed by atoms with van der Waals surface area (Å²) in [5.74, 6) is 0.751. The largest absolute Gasteiger partial charge is 0.364 e. The Labute approximate surface area is 134 Å². The first-order valence-corrected chi connectivity index (χ1v) is 7.48. The van der Waals surface area contributed by atoms with E-state index in [1.54, 1.807) is 6.33 Å². The number of nitrogens with one attached hydrogen (secondary N) is 1. The third kappa shape index (κ3) is 2.91. The van der Waals surface area contributed by atoms with Crippen molar-refractivity contribution in [3.63, 3.8) is 0 Å². The van der Waals surface area contributed by atoms with E-state index < -0.39 is 0 Å². The lowest BCUT2D eigenvalue weighted by Crippen LogP contribution is -2.12. The molecule has 0 fully saturated rings. The second kappa shape index (κ2) is 5.94. The maximum atomic E-state index is 6.24. The van der Waals surface area contributed by atoms with E-state index in [1.165, 1.54) is 0 Å². The number of hydrogen-bond donors (Lipinski definition) is 2. The van der Waals surface area contributed by atoms with Crippen LogP contribution in [-0.4, -0.2) is 14.5 Å². The van der Waals surface area contributed by atoms with Gasteiger partial charge in [0.15, 0.2) is 0 Å². The molecule has 3 aromatic rings. The van der Waals surface area contributed by atoms with Gasteiger partial charge >= 0.3 is 0 Å². The van der Waals surface area contributed by atoms with Gasteiger partial charge in [-0.05, 0) is 19.1 Å². The molecule has 0 aliphatic heterocycles. The van der Waals surface area contributed by atoms with E-state index in [0.717, 1.165) is 28.0 Å². The number of fused-ring (bicyclic) bond motifs is 1. The fraction of sp³-hybridized carbons (Fsp3) is 0.250. The van der Waals surface area contributed by atoms with Crippen molar-refractivity contribution in [3.8, 4) is 0 Å². The summed E-state index contributed by atoms with van der Waals surface area (Å²) >= 11 is 6.24. The second-order valence-corrected chi connectivity index (χ2v) is 5.82. The van der Waals surface area contributed by atoms with Crippen molar-refractivity contribution >= 4 is 28.3 Å². The first-order valence-electron chi connectivity index (χ1n) is 7.10. The summed E-state index contributed by atoms with van der Waals surface area (Å²) in [4.78, 5) is 8.96.